The number of aryl methyl sites for hydroxylation is 1. The van der Waals surface area contributed by atoms with Crippen LogP contribution < -0.4 is 5.32 Å². The molecule has 2 atom stereocenters. The van der Waals surface area contributed by atoms with E-state index in [0.717, 1.165) is 24.3 Å². The van der Waals surface area contributed by atoms with Gasteiger partial charge >= 0.3 is 0 Å². The van der Waals surface area contributed by atoms with Crippen LogP contribution in [-0.2, 0) is 6.42 Å². The van der Waals surface area contributed by atoms with E-state index < -0.39 is 0 Å². The molecule has 2 unspecified atom stereocenters. The molecule has 2 saturated carbocycles. The minimum absolute atomic E-state index is 0.536. The Kier molecular flexibility index (Phi) is 3.90. The Hall–Kier alpha value is -0.820. The van der Waals surface area contributed by atoms with E-state index in [-0.39, 0.29) is 0 Å². The summed E-state index contributed by atoms with van der Waals surface area (Å²) >= 11 is 0. The van der Waals surface area contributed by atoms with E-state index in [1.807, 2.05) is 0 Å². The Morgan fingerprint density at radius 3 is 2.55 bits per heavy atom. The van der Waals surface area contributed by atoms with Gasteiger partial charge in [-0.25, -0.2) is 0 Å². The van der Waals surface area contributed by atoms with Crippen molar-refractivity contribution in [3.05, 3.63) is 35.4 Å². The summed E-state index contributed by atoms with van der Waals surface area (Å²) in [5, 5.41) is 3.75. The van der Waals surface area contributed by atoms with Crippen molar-refractivity contribution in [3.63, 3.8) is 0 Å². The molecule has 2 aliphatic rings. The molecule has 0 amide bonds. The SMILES string of the molecule is Cc1ccccc1CC1(CNCC(C)C)CC2CC2C1. The fourth-order valence-corrected chi connectivity index (χ4v) is 4.20. The van der Waals surface area contributed by atoms with E-state index in [9.17, 15) is 0 Å². The van der Waals surface area contributed by atoms with Gasteiger partial charge in [-0.1, -0.05) is 38.1 Å². The molecule has 2 aliphatic carbocycles. The first-order chi connectivity index (χ1) is 9.58. The summed E-state index contributed by atoms with van der Waals surface area (Å²) in [6, 6.07) is 8.96. The van der Waals surface area contributed by atoms with Gasteiger partial charge in [0.15, 0.2) is 0 Å². The van der Waals surface area contributed by atoms with Crippen LogP contribution in [0.2, 0.25) is 0 Å². The van der Waals surface area contributed by atoms with Gasteiger partial charge in [0.1, 0.15) is 0 Å². The number of benzene rings is 1. The Bertz CT molecular complexity index is 453. The zero-order valence-corrected chi connectivity index (χ0v) is 13.3. The van der Waals surface area contributed by atoms with Gasteiger partial charge in [0, 0.05) is 6.54 Å². The van der Waals surface area contributed by atoms with E-state index in [1.54, 1.807) is 5.56 Å². The average molecular weight is 271 g/mol. The molecule has 1 N–H and O–H groups in total. The van der Waals surface area contributed by atoms with Crippen molar-refractivity contribution in [2.45, 2.75) is 46.5 Å². The molecular weight excluding hydrogens is 242 g/mol. The molecule has 0 saturated heterocycles. The van der Waals surface area contributed by atoms with Gasteiger partial charge in [0.2, 0.25) is 0 Å². The molecule has 1 aromatic carbocycles. The highest BCUT2D eigenvalue weighted by molar-refractivity contribution is 5.27. The first-order valence-electron chi connectivity index (χ1n) is 8.33. The van der Waals surface area contributed by atoms with E-state index in [4.69, 9.17) is 0 Å². The summed E-state index contributed by atoms with van der Waals surface area (Å²) in [5.74, 6) is 2.86. The van der Waals surface area contributed by atoms with Gasteiger partial charge in [0.05, 0.1) is 0 Å². The van der Waals surface area contributed by atoms with Gasteiger partial charge in [-0.15, -0.1) is 0 Å². The minimum atomic E-state index is 0.536. The number of fused-ring (bicyclic) bond motifs is 1. The van der Waals surface area contributed by atoms with Gasteiger partial charge in [-0.2, -0.15) is 0 Å². The topological polar surface area (TPSA) is 12.0 Å². The molecule has 1 nitrogen and oxygen atoms in total. The van der Waals surface area contributed by atoms with Crippen molar-refractivity contribution in [2.24, 2.45) is 23.2 Å². The highest BCUT2D eigenvalue weighted by Gasteiger charge is 2.53. The van der Waals surface area contributed by atoms with Gasteiger partial charge in [-0.3, -0.25) is 0 Å². The van der Waals surface area contributed by atoms with Gasteiger partial charge < -0.3 is 5.32 Å². The lowest BCUT2D eigenvalue weighted by molar-refractivity contribution is 0.244. The van der Waals surface area contributed by atoms with Crippen LogP contribution >= 0.6 is 0 Å². The van der Waals surface area contributed by atoms with Crippen LogP contribution in [0, 0.1) is 30.1 Å². The third-order valence-corrected chi connectivity index (χ3v) is 5.34. The van der Waals surface area contributed by atoms with Crippen LogP contribution in [0.5, 0.6) is 0 Å². The second-order valence-electron chi connectivity index (χ2n) is 7.79. The Balaban J connectivity index is 1.68. The third-order valence-electron chi connectivity index (χ3n) is 5.34. The summed E-state index contributed by atoms with van der Waals surface area (Å²) in [4.78, 5) is 0. The summed E-state index contributed by atoms with van der Waals surface area (Å²) < 4.78 is 0. The smallest absolute Gasteiger partial charge is 0.00113 e. The normalized spacial score (nSPS) is 31.6. The van der Waals surface area contributed by atoms with E-state index >= 15 is 0 Å². The maximum Gasteiger partial charge on any atom is 0.00113 e. The minimum Gasteiger partial charge on any atom is -0.316 e. The van der Waals surface area contributed by atoms with Crippen molar-refractivity contribution >= 4 is 0 Å². The summed E-state index contributed by atoms with van der Waals surface area (Å²) in [6.45, 7) is 9.23. The highest BCUT2D eigenvalue weighted by Crippen LogP contribution is 2.60. The standard InChI is InChI=1S/C19H29N/c1-14(2)12-20-13-19(10-17-8-18(17)11-19)9-16-7-5-4-6-15(16)3/h4-7,14,17-18,20H,8-13H2,1-3H3. The van der Waals surface area contributed by atoms with Crippen molar-refractivity contribution in [3.8, 4) is 0 Å². The third kappa shape index (κ3) is 3.09. The van der Waals surface area contributed by atoms with Crippen LogP contribution in [0.15, 0.2) is 24.3 Å². The van der Waals surface area contributed by atoms with E-state index in [2.05, 4.69) is 50.4 Å². The lowest BCUT2D eigenvalue weighted by Gasteiger charge is -2.32. The Labute approximate surface area is 124 Å². The fraction of sp³-hybridized carbons (Fsp3) is 0.684. The van der Waals surface area contributed by atoms with Crippen LogP contribution in [-0.4, -0.2) is 13.1 Å². The molecule has 3 rings (SSSR count). The van der Waals surface area contributed by atoms with Crippen LogP contribution in [0.3, 0.4) is 0 Å². The maximum atomic E-state index is 3.75. The van der Waals surface area contributed by atoms with Gasteiger partial charge in [-0.05, 0) is 73.4 Å². The second kappa shape index (κ2) is 5.52. The molecule has 0 aliphatic heterocycles. The molecule has 0 bridgehead atoms. The molecule has 1 heteroatoms. The molecule has 0 aromatic heterocycles. The van der Waals surface area contributed by atoms with Crippen LogP contribution in [0.1, 0.15) is 44.2 Å². The number of hydrogen-bond donors (Lipinski definition) is 1. The lowest BCUT2D eigenvalue weighted by Crippen LogP contribution is -2.37. The first-order valence-corrected chi connectivity index (χ1v) is 8.33. The van der Waals surface area contributed by atoms with Crippen molar-refractivity contribution in [2.75, 3.05) is 13.1 Å². The van der Waals surface area contributed by atoms with Gasteiger partial charge in [0.25, 0.3) is 0 Å². The Morgan fingerprint density at radius 2 is 1.90 bits per heavy atom. The molecule has 20 heavy (non-hydrogen) atoms. The predicted octanol–water partition coefficient (Wildman–Crippen LogP) is 4.20. The quantitative estimate of drug-likeness (QED) is 0.817. The highest BCUT2D eigenvalue weighted by atomic mass is 14.9. The predicted molar refractivity (Wildman–Crippen MR) is 85.9 cm³/mol. The second-order valence-corrected chi connectivity index (χ2v) is 7.79. The van der Waals surface area contributed by atoms with E-state index in [0.29, 0.717) is 5.41 Å². The van der Waals surface area contributed by atoms with Crippen LogP contribution in [0.25, 0.3) is 0 Å². The summed E-state index contributed by atoms with van der Waals surface area (Å²) in [7, 11) is 0. The number of hydrogen-bond acceptors (Lipinski definition) is 1. The summed E-state index contributed by atoms with van der Waals surface area (Å²) in [5.41, 5.74) is 3.57. The number of rotatable bonds is 6. The zero-order chi connectivity index (χ0) is 14.2. The monoisotopic (exact) mass is 271 g/mol. The fourth-order valence-electron chi connectivity index (χ4n) is 4.20. The average Bonchev–Trinajstić information content (AvgIpc) is 3.00. The number of nitrogens with one attached hydrogen (secondary N) is 1. The molecule has 2 fully saturated rings. The molecular formula is C19H29N. The zero-order valence-electron chi connectivity index (χ0n) is 13.3. The maximum absolute atomic E-state index is 3.75. The lowest BCUT2D eigenvalue weighted by atomic mass is 9.76. The van der Waals surface area contributed by atoms with Crippen molar-refractivity contribution in [1.82, 2.24) is 5.32 Å². The van der Waals surface area contributed by atoms with E-state index in [1.165, 1.54) is 37.8 Å². The first kappa shape index (κ1) is 14.1. The molecule has 0 heterocycles. The molecule has 0 spiro atoms. The molecule has 1 aromatic rings. The van der Waals surface area contributed by atoms with Crippen LogP contribution in [0.4, 0.5) is 0 Å². The van der Waals surface area contributed by atoms with Crippen molar-refractivity contribution in [1.29, 1.82) is 0 Å². The largest absolute Gasteiger partial charge is 0.316 e. The Morgan fingerprint density at radius 1 is 1.20 bits per heavy atom. The molecule has 0 radical (unpaired) electrons. The molecule has 110 valence electrons. The summed E-state index contributed by atoms with van der Waals surface area (Å²) in [6.07, 6.45) is 5.70. The van der Waals surface area contributed by atoms with Crippen molar-refractivity contribution < 1.29 is 0 Å².